The van der Waals surface area contributed by atoms with Crippen LogP contribution in [0.4, 0.5) is 16.4 Å². The molecule has 1 N–H and O–H groups in total. The number of carbonyl (C=O) groups is 1. The number of para-hydroxylation sites is 1. The molecule has 5 rings (SSSR count). The first kappa shape index (κ1) is 29.6. The first-order chi connectivity index (χ1) is 20.0. The number of anilines is 1. The van der Waals surface area contributed by atoms with Crippen molar-refractivity contribution in [3.63, 3.8) is 0 Å². The smallest absolute Gasteiger partial charge is 0.283 e. The van der Waals surface area contributed by atoms with Crippen LogP contribution in [0.3, 0.4) is 0 Å². The van der Waals surface area contributed by atoms with E-state index in [2.05, 4.69) is 36.1 Å². The molecule has 0 saturated carbocycles. The summed E-state index contributed by atoms with van der Waals surface area (Å²) in [6.07, 6.45) is 4.34. The second-order valence-corrected chi connectivity index (χ2v) is 13.7. The van der Waals surface area contributed by atoms with Gasteiger partial charge < -0.3 is 5.32 Å². The number of benzene rings is 2. The monoisotopic (exact) mass is 599 g/mol. The van der Waals surface area contributed by atoms with Crippen molar-refractivity contribution in [1.29, 1.82) is 0 Å². The number of nitro benzene ring substituents is 1. The molecule has 1 aliphatic carbocycles. The van der Waals surface area contributed by atoms with Crippen molar-refractivity contribution < 1.29 is 9.72 Å². The minimum atomic E-state index is -0.405. The molecule has 0 bridgehead atoms. The van der Waals surface area contributed by atoms with Crippen molar-refractivity contribution in [1.82, 2.24) is 9.97 Å². The zero-order chi connectivity index (χ0) is 30.0. The van der Waals surface area contributed by atoms with Crippen LogP contribution in [0.15, 0.2) is 69.6 Å². The van der Waals surface area contributed by atoms with Gasteiger partial charge in [-0.15, -0.1) is 11.3 Å². The summed E-state index contributed by atoms with van der Waals surface area (Å²) < 4.78 is 0. The number of hydrogen-bond donors (Lipinski definition) is 1. The molecular weight excluding hydrogens is 567 g/mol. The van der Waals surface area contributed by atoms with E-state index in [0.717, 1.165) is 53.7 Å². The maximum atomic E-state index is 13.6. The van der Waals surface area contributed by atoms with E-state index < -0.39 is 4.92 Å². The lowest BCUT2D eigenvalue weighted by atomic mass is 9.72. The lowest BCUT2D eigenvalue weighted by Gasteiger charge is -2.33. The number of nitrogens with one attached hydrogen (secondary N) is 1. The average Bonchev–Trinajstić information content (AvgIpc) is 3.30. The number of aromatic nitrogens is 2. The van der Waals surface area contributed by atoms with Crippen LogP contribution in [0.2, 0.25) is 0 Å². The topological polar surface area (TPSA) is 110 Å². The minimum Gasteiger partial charge on any atom is -0.322 e. The fraction of sp³-hybridized carbons (Fsp3) is 0.312. The Morgan fingerprint density at radius 2 is 1.83 bits per heavy atom. The Hall–Kier alpha value is -3.89. The van der Waals surface area contributed by atoms with Crippen LogP contribution in [0, 0.1) is 35.3 Å². The van der Waals surface area contributed by atoms with Crippen LogP contribution >= 0.6 is 23.1 Å². The van der Waals surface area contributed by atoms with Crippen LogP contribution < -0.4 is 5.32 Å². The molecule has 8 nitrogen and oxygen atoms in total. The molecular formula is C32H33N5O3S2. The normalized spacial score (nSPS) is 15.0. The summed E-state index contributed by atoms with van der Waals surface area (Å²) in [5.41, 5.74) is 4.67. The maximum absolute atomic E-state index is 13.6. The van der Waals surface area contributed by atoms with Gasteiger partial charge in [0, 0.05) is 34.2 Å². The van der Waals surface area contributed by atoms with Gasteiger partial charge in [0.1, 0.15) is 5.00 Å². The third-order valence-electron chi connectivity index (χ3n) is 7.40. The molecule has 0 saturated heterocycles. The summed E-state index contributed by atoms with van der Waals surface area (Å²) in [7, 11) is 0. The van der Waals surface area contributed by atoms with Crippen LogP contribution in [0.1, 0.15) is 64.9 Å². The number of rotatable bonds is 7. The zero-order valence-corrected chi connectivity index (χ0v) is 25.9. The molecule has 216 valence electrons. The number of fused-ring (bicyclic) bond motifs is 1. The average molecular weight is 600 g/mol. The van der Waals surface area contributed by atoms with Gasteiger partial charge in [-0.05, 0) is 91.6 Å². The van der Waals surface area contributed by atoms with Gasteiger partial charge in [0.25, 0.3) is 11.6 Å². The summed E-state index contributed by atoms with van der Waals surface area (Å²) in [6.45, 7) is 10.5. The number of aryl methyl sites for hydroxylation is 2. The molecule has 2 aromatic carbocycles. The van der Waals surface area contributed by atoms with E-state index in [1.807, 2.05) is 50.2 Å². The summed E-state index contributed by atoms with van der Waals surface area (Å²) in [5.74, 6) is 0.325. The number of aliphatic imine (C=N–C) groups is 1. The molecule has 1 aliphatic rings. The van der Waals surface area contributed by atoms with Crippen molar-refractivity contribution in [2.45, 2.75) is 63.9 Å². The predicted octanol–water partition coefficient (Wildman–Crippen LogP) is 8.37. The van der Waals surface area contributed by atoms with Gasteiger partial charge in [-0.1, -0.05) is 45.0 Å². The van der Waals surface area contributed by atoms with Gasteiger partial charge in [-0.25, -0.2) is 15.0 Å². The molecule has 42 heavy (non-hydrogen) atoms. The van der Waals surface area contributed by atoms with Crippen molar-refractivity contribution in [2.24, 2.45) is 16.3 Å². The van der Waals surface area contributed by atoms with Crippen LogP contribution in [0.25, 0.3) is 0 Å². The highest BCUT2D eigenvalue weighted by Crippen LogP contribution is 2.45. The third kappa shape index (κ3) is 6.77. The third-order valence-corrected chi connectivity index (χ3v) is 9.50. The first-order valence-electron chi connectivity index (χ1n) is 13.8. The fourth-order valence-electron chi connectivity index (χ4n) is 5.17. The highest BCUT2D eigenvalue weighted by molar-refractivity contribution is 7.99. The van der Waals surface area contributed by atoms with E-state index in [1.54, 1.807) is 29.7 Å². The Bertz CT molecular complexity index is 1660. The molecule has 4 aromatic rings. The largest absolute Gasteiger partial charge is 0.322 e. The van der Waals surface area contributed by atoms with Gasteiger partial charge >= 0.3 is 0 Å². The summed E-state index contributed by atoms with van der Waals surface area (Å²) >= 11 is 2.71. The van der Waals surface area contributed by atoms with Crippen molar-refractivity contribution in [3.05, 3.63) is 97.7 Å². The van der Waals surface area contributed by atoms with Crippen LogP contribution in [-0.2, 0) is 12.8 Å². The fourth-order valence-corrected chi connectivity index (χ4v) is 7.38. The molecule has 0 radical (unpaired) electrons. The van der Waals surface area contributed by atoms with Crippen LogP contribution in [0.5, 0.6) is 0 Å². The lowest BCUT2D eigenvalue weighted by molar-refractivity contribution is -0.387. The van der Waals surface area contributed by atoms with Gasteiger partial charge in [0.05, 0.1) is 15.4 Å². The number of nitrogens with zero attached hydrogens (tertiary/aromatic N) is 4. The maximum Gasteiger partial charge on any atom is 0.283 e. The molecule has 1 amide bonds. The summed E-state index contributed by atoms with van der Waals surface area (Å²) in [5, 5.41) is 16.1. The first-order valence-corrected chi connectivity index (χ1v) is 15.4. The van der Waals surface area contributed by atoms with E-state index >= 15 is 0 Å². The standard InChI is InChI=1S/C32H33N5O3S2/c1-19-15-20(2)35-31(34-19)42-26-14-11-21(16-25(26)37(39)40)18-33-30-28(29(38)36-23-9-7-6-8-10-23)24-13-12-22(32(3,4)5)17-27(24)41-30/h6-11,14-16,18,22H,12-13,17H2,1-5H3,(H,36,38)/t22-/m0/s1. The molecule has 0 fully saturated rings. The number of nitro groups is 1. The SMILES string of the molecule is Cc1cc(C)nc(Sc2ccc(C=Nc3sc4c(c3C(=O)Nc3ccccc3)CC[C@H](C(C)(C)C)C4)cc2[N+](=O)[O-])n1. The number of amides is 1. The second-order valence-electron chi connectivity index (χ2n) is 11.6. The Morgan fingerprint density at radius 3 is 2.50 bits per heavy atom. The summed E-state index contributed by atoms with van der Waals surface area (Å²) in [6, 6.07) is 16.2. The highest BCUT2D eigenvalue weighted by Gasteiger charge is 2.33. The number of thiophene rings is 1. The second kappa shape index (κ2) is 12.1. The molecule has 0 spiro atoms. The van der Waals surface area contributed by atoms with Crippen LogP contribution in [-0.4, -0.2) is 27.0 Å². The Balaban J connectivity index is 1.48. The predicted molar refractivity (Wildman–Crippen MR) is 170 cm³/mol. The van der Waals surface area contributed by atoms with E-state index in [-0.39, 0.29) is 17.0 Å². The minimum absolute atomic E-state index is 0.0488. The molecule has 0 aliphatic heterocycles. The molecule has 0 unspecified atom stereocenters. The molecule has 10 heteroatoms. The van der Waals surface area contributed by atoms with Gasteiger partial charge in [-0.3, -0.25) is 14.9 Å². The highest BCUT2D eigenvalue weighted by atomic mass is 32.2. The molecule has 2 heterocycles. The Labute approximate surface area is 253 Å². The Kier molecular flexibility index (Phi) is 8.56. The number of carbonyl (C=O) groups excluding carboxylic acids is 1. The van der Waals surface area contributed by atoms with Gasteiger partial charge in [0.2, 0.25) is 0 Å². The Morgan fingerprint density at radius 1 is 1.12 bits per heavy atom. The molecule has 1 atom stereocenters. The van der Waals surface area contributed by atoms with Crippen molar-refractivity contribution in [2.75, 3.05) is 5.32 Å². The molecule has 2 aromatic heterocycles. The van der Waals surface area contributed by atoms with Gasteiger partial charge in [-0.2, -0.15) is 0 Å². The van der Waals surface area contributed by atoms with E-state index in [0.29, 0.717) is 32.1 Å². The zero-order valence-electron chi connectivity index (χ0n) is 24.3. The van der Waals surface area contributed by atoms with Gasteiger partial charge in [0.15, 0.2) is 5.16 Å². The van der Waals surface area contributed by atoms with Crippen molar-refractivity contribution in [3.8, 4) is 0 Å². The summed E-state index contributed by atoms with van der Waals surface area (Å²) in [4.78, 5) is 40.4. The van der Waals surface area contributed by atoms with E-state index in [1.165, 1.54) is 10.9 Å². The van der Waals surface area contributed by atoms with E-state index in [9.17, 15) is 14.9 Å². The lowest BCUT2D eigenvalue weighted by Crippen LogP contribution is -2.27. The van der Waals surface area contributed by atoms with E-state index in [4.69, 9.17) is 4.99 Å². The van der Waals surface area contributed by atoms with Crippen molar-refractivity contribution >= 4 is 51.6 Å². The quantitative estimate of drug-likeness (QED) is 0.0989. The number of hydrogen-bond acceptors (Lipinski definition) is 8.